The number of rotatable bonds is 7. The number of phenols is 2. The van der Waals surface area contributed by atoms with Gasteiger partial charge in [0.25, 0.3) is 0 Å². The molecule has 2 N–H and O–H groups in total. The lowest BCUT2D eigenvalue weighted by Crippen LogP contribution is -2.42. The Morgan fingerprint density at radius 2 is 1.71 bits per heavy atom. The molecule has 0 saturated carbocycles. The standard InChI is InChI=1S/C18H24O6/c1-11(2)16(22)24-17(3,4)10-23-18(5,6)15(21)12-7-8-13(19)14(20)9-12/h7-9,19-20H,1,10H2,2-6H3. The van der Waals surface area contributed by atoms with Gasteiger partial charge in [0.2, 0.25) is 0 Å². The fourth-order valence-electron chi connectivity index (χ4n) is 1.80. The normalized spacial score (nSPS) is 11.9. The van der Waals surface area contributed by atoms with Gasteiger partial charge in [-0.3, -0.25) is 4.79 Å². The van der Waals surface area contributed by atoms with Gasteiger partial charge >= 0.3 is 5.97 Å². The molecule has 1 aromatic rings. The molecular weight excluding hydrogens is 312 g/mol. The van der Waals surface area contributed by atoms with E-state index in [9.17, 15) is 19.8 Å². The van der Waals surface area contributed by atoms with Crippen molar-refractivity contribution in [3.63, 3.8) is 0 Å². The number of hydrogen-bond donors (Lipinski definition) is 2. The summed E-state index contributed by atoms with van der Waals surface area (Å²) in [6.45, 7) is 11.6. The SMILES string of the molecule is C=C(C)C(=O)OC(C)(C)COC(C)(C)C(=O)c1ccc(O)c(O)c1. The van der Waals surface area contributed by atoms with E-state index in [0.29, 0.717) is 0 Å². The number of Topliss-reactive ketones (excluding diaryl/α,β-unsaturated/α-hetero) is 1. The second kappa shape index (κ2) is 7.05. The van der Waals surface area contributed by atoms with Crippen molar-refractivity contribution >= 4 is 11.8 Å². The van der Waals surface area contributed by atoms with E-state index >= 15 is 0 Å². The number of ketones is 1. The van der Waals surface area contributed by atoms with Crippen molar-refractivity contribution in [2.75, 3.05) is 6.61 Å². The molecule has 0 amide bonds. The van der Waals surface area contributed by atoms with Crippen molar-refractivity contribution in [3.8, 4) is 11.5 Å². The third-order valence-electron chi connectivity index (χ3n) is 3.28. The molecule has 24 heavy (non-hydrogen) atoms. The predicted octanol–water partition coefficient (Wildman–Crippen LogP) is 2.97. The third-order valence-corrected chi connectivity index (χ3v) is 3.28. The number of ether oxygens (including phenoxy) is 2. The highest BCUT2D eigenvalue weighted by Gasteiger charge is 2.34. The Morgan fingerprint density at radius 3 is 2.21 bits per heavy atom. The van der Waals surface area contributed by atoms with Crippen molar-refractivity contribution in [1.82, 2.24) is 0 Å². The van der Waals surface area contributed by atoms with E-state index in [4.69, 9.17) is 9.47 Å². The average Bonchev–Trinajstić information content (AvgIpc) is 2.47. The summed E-state index contributed by atoms with van der Waals surface area (Å²) in [6, 6.07) is 3.81. The molecule has 0 aliphatic carbocycles. The lowest BCUT2D eigenvalue weighted by Gasteiger charge is -2.31. The third kappa shape index (κ3) is 5.09. The van der Waals surface area contributed by atoms with Gasteiger partial charge in [0.1, 0.15) is 11.2 Å². The van der Waals surface area contributed by atoms with Crippen LogP contribution < -0.4 is 0 Å². The Morgan fingerprint density at radius 1 is 1.12 bits per heavy atom. The molecular formula is C18H24O6. The Kier molecular flexibility index (Phi) is 5.79. The number of carbonyl (C=O) groups excluding carboxylic acids is 2. The van der Waals surface area contributed by atoms with Gasteiger partial charge in [0.15, 0.2) is 17.3 Å². The van der Waals surface area contributed by atoms with Gasteiger partial charge in [0.05, 0.1) is 6.61 Å². The van der Waals surface area contributed by atoms with Crippen LogP contribution in [0.1, 0.15) is 45.0 Å². The van der Waals surface area contributed by atoms with Crippen LogP contribution in [0, 0.1) is 0 Å². The zero-order chi connectivity index (χ0) is 18.7. The van der Waals surface area contributed by atoms with Gasteiger partial charge in [-0.05, 0) is 52.8 Å². The minimum Gasteiger partial charge on any atom is -0.504 e. The Labute approximate surface area is 141 Å². The first kappa shape index (κ1) is 19.7. The highest BCUT2D eigenvalue weighted by molar-refractivity contribution is 6.02. The Bertz CT molecular complexity index is 657. The van der Waals surface area contributed by atoms with Crippen molar-refractivity contribution < 1.29 is 29.3 Å². The van der Waals surface area contributed by atoms with Crippen LogP contribution in [-0.2, 0) is 14.3 Å². The summed E-state index contributed by atoms with van der Waals surface area (Å²) in [5.41, 5.74) is -1.67. The van der Waals surface area contributed by atoms with E-state index in [1.165, 1.54) is 18.2 Å². The van der Waals surface area contributed by atoms with Gasteiger partial charge in [-0.1, -0.05) is 6.58 Å². The predicted molar refractivity (Wildman–Crippen MR) is 89.1 cm³/mol. The molecule has 1 rings (SSSR count). The number of aromatic hydroxyl groups is 2. The summed E-state index contributed by atoms with van der Waals surface area (Å²) in [7, 11) is 0. The van der Waals surface area contributed by atoms with Crippen LogP contribution in [-0.4, -0.2) is 39.8 Å². The lowest BCUT2D eigenvalue weighted by atomic mass is 9.96. The summed E-state index contributed by atoms with van der Waals surface area (Å²) in [5.74, 6) is -1.60. The van der Waals surface area contributed by atoms with Crippen molar-refractivity contribution in [2.45, 2.75) is 45.8 Å². The zero-order valence-corrected chi connectivity index (χ0v) is 14.7. The van der Waals surface area contributed by atoms with Crippen LogP contribution in [0.4, 0.5) is 0 Å². The van der Waals surface area contributed by atoms with Crippen LogP contribution in [0.2, 0.25) is 0 Å². The largest absolute Gasteiger partial charge is 0.504 e. The summed E-state index contributed by atoms with van der Waals surface area (Å²) in [6.07, 6.45) is 0. The van der Waals surface area contributed by atoms with E-state index in [1.807, 2.05) is 0 Å². The number of benzene rings is 1. The topological polar surface area (TPSA) is 93.1 Å². The van der Waals surface area contributed by atoms with Gasteiger partial charge in [-0.15, -0.1) is 0 Å². The lowest BCUT2D eigenvalue weighted by molar-refractivity contribution is -0.161. The van der Waals surface area contributed by atoms with E-state index in [-0.39, 0.29) is 35.0 Å². The van der Waals surface area contributed by atoms with Crippen LogP contribution in [0.5, 0.6) is 11.5 Å². The van der Waals surface area contributed by atoms with E-state index in [2.05, 4.69) is 6.58 Å². The minimum atomic E-state index is -1.21. The molecule has 6 nitrogen and oxygen atoms in total. The van der Waals surface area contributed by atoms with Gasteiger partial charge < -0.3 is 19.7 Å². The second-order valence-corrected chi connectivity index (χ2v) is 6.76. The first-order valence-corrected chi connectivity index (χ1v) is 7.45. The molecule has 0 aliphatic rings. The number of esters is 1. The molecule has 6 heteroatoms. The molecule has 0 aliphatic heterocycles. The second-order valence-electron chi connectivity index (χ2n) is 6.76. The quantitative estimate of drug-likeness (QED) is 0.344. The number of phenolic OH excluding ortho intramolecular Hbond substituents is 2. The van der Waals surface area contributed by atoms with Crippen LogP contribution >= 0.6 is 0 Å². The van der Waals surface area contributed by atoms with E-state index in [0.717, 1.165) is 0 Å². The average molecular weight is 336 g/mol. The van der Waals surface area contributed by atoms with Crippen LogP contribution in [0.25, 0.3) is 0 Å². The Balaban J connectivity index is 2.81. The molecule has 0 bridgehead atoms. The zero-order valence-electron chi connectivity index (χ0n) is 14.7. The summed E-state index contributed by atoms with van der Waals surface area (Å²) >= 11 is 0. The molecule has 0 radical (unpaired) electrons. The Hall–Kier alpha value is -2.34. The van der Waals surface area contributed by atoms with Crippen LogP contribution in [0.15, 0.2) is 30.4 Å². The highest BCUT2D eigenvalue weighted by atomic mass is 16.6. The van der Waals surface area contributed by atoms with Crippen molar-refractivity contribution in [1.29, 1.82) is 0 Å². The maximum atomic E-state index is 12.5. The molecule has 132 valence electrons. The highest BCUT2D eigenvalue weighted by Crippen LogP contribution is 2.28. The minimum absolute atomic E-state index is 0.00513. The van der Waals surface area contributed by atoms with Gasteiger partial charge in [-0.25, -0.2) is 4.79 Å². The molecule has 0 aromatic heterocycles. The molecule has 0 atom stereocenters. The number of carbonyl (C=O) groups is 2. The smallest absolute Gasteiger partial charge is 0.333 e. The van der Waals surface area contributed by atoms with Crippen molar-refractivity contribution in [3.05, 3.63) is 35.9 Å². The summed E-state index contributed by atoms with van der Waals surface area (Å²) in [5, 5.41) is 18.8. The molecule has 0 fully saturated rings. The monoisotopic (exact) mass is 336 g/mol. The molecule has 0 unspecified atom stereocenters. The van der Waals surface area contributed by atoms with E-state index < -0.39 is 17.2 Å². The molecule has 1 aromatic carbocycles. The first-order chi connectivity index (χ1) is 10.9. The summed E-state index contributed by atoms with van der Waals surface area (Å²) in [4.78, 5) is 24.1. The van der Waals surface area contributed by atoms with Gasteiger partial charge in [-0.2, -0.15) is 0 Å². The first-order valence-electron chi connectivity index (χ1n) is 7.45. The van der Waals surface area contributed by atoms with E-state index in [1.54, 1.807) is 34.6 Å². The maximum absolute atomic E-state index is 12.5. The number of hydrogen-bond acceptors (Lipinski definition) is 6. The van der Waals surface area contributed by atoms with Gasteiger partial charge in [0, 0.05) is 11.1 Å². The summed E-state index contributed by atoms with van der Waals surface area (Å²) < 4.78 is 10.9. The fourth-order valence-corrected chi connectivity index (χ4v) is 1.80. The fraction of sp³-hybridized carbons (Fsp3) is 0.444. The molecule has 0 heterocycles. The molecule has 0 spiro atoms. The van der Waals surface area contributed by atoms with Crippen LogP contribution in [0.3, 0.4) is 0 Å². The molecule has 0 saturated heterocycles. The van der Waals surface area contributed by atoms with Crippen molar-refractivity contribution in [2.24, 2.45) is 0 Å². The maximum Gasteiger partial charge on any atom is 0.333 e.